The van der Waals surface area contributed by atoms with E-state index in [1.807, 2.05) is 30.9 Å². The number of carbonyl (C=O) groups excluding carboxylic acids is 1. The minimum atomic E-state index is -0.00000617. The van der Waals surface area contributed by atoms with Crippen molar-refractivity contribution < 1.29 is 9.21 Å². The number of carbonyl (C=O) groups is 1. The first kappa shape index (κ1) is 15.4. The van der Waals surface area contributed by atoms with E-state index in [1.165, 1.54) is 0 Å². The van der Waals surface area contributed by atoms with E-state index in [0.29, 0.717) is 11.1 Å². The van der Waals surface area contributed by atoms with Crippen LogP contribution in [0.25, 0.3) is 0 Å². The van der Waals surface area contributed by atoms with Crippen LogP contribution in [0.15, 0.2) is 34.7 Å². The summed E-state index contributed by atoms with van der Waals surface area (Å²) in [6.45, 7) is 4.54. The molecule has 1 aliphatic heterocycles. The molecule has 1 aromatic heterocycles. The molecular weight excluding hydrogens is 288 g/mol. The van der Waals surface area contributed by atoms with Crippen molar-refractivity contribution in [3.8, 4) is 6.07 Å². The molecule has 1 amide bonds. The van der Waals surface area contributed by atoms with Crippen LogP contribution >= 0.6 is 0 Å². The van der Waals surface area contributed by atoms with E-state index in [2.05, 4.69) is 6.07 Å². The van der Waals surface area contributed by atoms with E-state index in [-0.39, 0.29) is 11.9 Å². The van der Waals surface area contributed by atoms with Crippen LogP contribution in [0.2, 0.25) is 0 Å². The van der Waals surface area contributed by atoms with Crippen molar-refractivity contribution in [2.45, 2.75) is 39.2 Å². The maximum Gasteiger partial charge on any atom is 0.254 e. The van der Waals surface area contributed by atoms with Crippen LogP contribution in [0.3, 0.4) is 0 Å². The molecule has 118 valence electrons. The van der Waals surface area contributed by atoms with Crippen molar-refractivity contribution in [3.63, 3.8) is 0 Å². The molecule has 0 radical (unpaired) electrons. The summed E-state index contributed by atoms with van der Waals surface area (Å²) in [6.07, 6.45) is 3.03. The summed E-state index contributed by atoms with van der Waals surface area (Å²) in [4.78, 5) is 14.9. The Balaban J connectivity index is 1.91. The molecule has 1 aliphatic rings. The molecule has 0 spiro atoms. The number of furan rings is 1. The topological polar surface area (TPSA) is 57.2 Å². The second-order valence-electron chi connectivity index (χ2n) is 6.10. The quantitative estimate of drug-likeness (QED) is 0.838. The number of aryl methyl sites for hydroxylation is 2. The van der Waals surface area contributed by atoms with E-state index >= 15 is 0 Å². The normalized spacial score (nSPS) is 17.8. The van der Waals surface area contributed by atoms with Gasteiger partial charge in [0.2, 0.25) is 0 Å². The Kier molecular flexibility index (Phi) is 4.20. The van der Waals surface area contributed by atoms with Crippen LogP contribution in [0, 0.1) is 25.2 Å². The summed E-state index contributed by atoms with van der Waals surface area (Å²) in [5.41, 5.74) is 2.09. The van der Waals surface area contributed by atoms with Crippen molar-refractivity contribution in [3.05, 3.63) is 58.5 Å². The van der Waals surface area contributed by atoms with Crippen LogP contribution in [-0.2, 0) is 0 Å². The predicted octanol–water partition coefficient (Wildman–Crippen LogP) is 4.14. The molecular formula is C19H20N2O2. The van der Waals surface area contributed by atoms with E-state index in [1.54, 1.807) is 18.2 Å². The lowest BCUT2D eigenvalue weighted by Gasteiger charge is -2.35. The van der Waals surface area contributed by atoms with Crippen LogP contribution in [0.1, 0.15) is 58.3 Å². The minimum Gasteiger partial charge on any atom is -0.464 e. The molecule has 2 aromatic rings. The lowest BCUT2D eigenvalue weighted by atomic mass is 9.97. The Morgan fingerprint density at radius 3 is 2.74 bits per heavy atom. The van der Waals surface area contributed by atoms with Gasteiger partial charge in [0, 0.05) is 12.1 Å². The number of hydrogen-bond donors (Lipinski definition) is 0. The molecule has 0 aliphatic carbocycles. The van der Waals surface area contributed by atoms with Crippen LogP contribution in [-0.4, -0.2) is 17.4 Å². The molecule has 1 saturated heterocycles. The Bertz CT molecular complexity index is 770. The van der Waals surface area contributed by atoms with Gasteiger partial charge in [-0.1, -0.05) is 0 Å². The van der Waals surface area contributed by atoms with Gasteiger partial charge in [0.25, 0.3) is 5.91 Å². The average Bonchev–Trinajstić information content (AvgIpc) is 3.00. The molecule has 1 fully saturated rings. The summed E-state index contributed by atoms with van der Waals surface area (Å²) in [5, 5.41) is 8.98. The SMILES string of the molecule is Cc1ccc(C2CCCCN2C(=O)c2ccc(C#N)cc2C)o1. The number of amides is 1. The second kappa shape index (κ2) is 6.29. The second-order valence-corrected chi connectivity index (χ2v) is 6.10. The Hall–Kier alpha value is -2.54. The molecule has 1 atom stereocenters. The zero-order valence-corrected chi connectivity index (χ0v) is 13.5. The van der Waals surface area contributed by atoms with E-state index in [4.69, 9.17) is 9.68 Å². The monoisotopic (exact) mass is 308 g/mol. The zero-order chi connectivity index (χ0) is 16.4. The largest absolute Gasteiger partial charge is 0.464 e. The van der Waals surface area contributed by atoms with Crippen LogP contribution < -0.4 is 0 Å². The Labute approximate surface area is 136 Å². The number of benzene rings is 1. The number of likely N-dealkylation sites (tertiary alicyclic amines) is 1. The molecule has 0 bridgehead atoms. The third kappa shape index (κ3) is 3.00. The van der Waals surface area contributed by atoms with Gasteiger partial charge in [-0.25, -0.2) is 0 Å². The van der Waals surface area contributed by atoms with Gasteiger partial charge in [-0.05, 0) is 69.0 Å². The highest BCUT2D eigenvalue weighted by molar-refractivity contribution is 5.96. The van der Waals surface area contributed by atoms with Crippen molar-refractivity contribution in [2.24, 2.45) is 0 Å². The fraction of sp³-hybridized carbons (Fsp3) is 0.368. The third-order valence-electron chi connectivity index (χ3n) is 4.44. The fourth-order valence-corrected chi connectivity index (χ4v) is 3.23. The van der Waals surface area contributed by atoms with Crippen molar-refractivity contribution in [1.29, 1.82) is 5.26 Å². The molecule has 0 N–H and O–H groups in total. The Morgan fingerprint density at radius 1 is 1.26 bits per heavy atom. The van der Waals surface area contributed by atoms with Gasteiger partial charge < -0.3 is 9.32 Å². The predicted molar refractivity (Wildman–Crippen MR) is 87.0 cm³/mol. The maximum atomic E-state index is 13.0. The first-order chi connectivity index (χ1) is 11.1. The van der Waals surface area contributed by atoms with Crippen molar-refractivity contribution >= 4 is 5.91 Å². The highest BCUT2D eigenvalue weighted by atomic mass is 16.3. The molecule has 3 rings (SSSR count). The summed E-state index contributed by atoms with van der Waals surface area (Å²) in [5.74, 6) is 1.75. The summed E-state index contributed by atoms with van der Waals surface area (Å²) >= 11 is 0. The lowest BCUT2D eigenvalue weighted by Crippen LogP contribution is -2.38. The Morgan fingerprint density at radius 2 is 2.09 bits per heavy atom. The molecule has 1 aromatic carbocycles. The molecule has 0 saturated carbocycles. The number of piperidine rings is 1. The average molecular weight is 308 g/mol. The van der Waals surface area contributed by atoms with Gasteiger partial charge >= 0.3 is 0 Å². The fourth-order valence-electron chi connectivity index (χ4n) is 3.23. The first-order valence-electron chi connectivity index (χ1n) is 7.98. The lowest BCUT2D eigenvalue weighted by molar-refractivity contribution is 0.0578. The van der Waals surface area contributed by atoms with Crippen LogP contribution in [0.5, 0.6) is 0 Å². The minimum absolute atomic E-state index is 0.00000617. The van der Waals surface area contributed by atoms with Crippen molar-refractivity contribution in [1.82, 2.24) is 4.90 Å². The zero-order valence-electron chi connectivity index (χ0n) is 13.5. The van der Waals surface area contributed by atoms with Crippen molar-refractivity contribution in [2.75, 3.05) is 6.54 Å². The smallest absolute Gasteiger partial charge is 0.254 e. The molecule has 2 heterocycles. The number of hydrogen-bond acceptors (Lipinski definition) is 3. The van der Waals surface area contributed by atoms with E-state index < -0.39 is 0 Å². The summed E-state index contributed by atoms with van der Waals surface area (Å²) < 4.78 is 5.77. The number of nitrogens with zero attached hydrogens (tertiary/aromatic N) is 2. The number of rotatable bonds is 2. The maximum absolute atomic E-state index is 13.0. The third-order valence-corrected chi connectivity index (χ3v) is 4.44. The van der Waals surface area contributed by atoms with Gasteiger partial charge in [0.15, 0.2) is 0 Å². The number of nitriles is 1. The summed E-state index contributed by atoms with van der Waals surface area (Å²) in [7, 11) is 0. The highest BCUT2D eigenvalue weighted by Crippen LogP contribution is 2.33. The van der Waals surface area contributed by atoms with E-state index in [9.17, 15) is 4.79 Å². The van der Waals surface area contributed by atoms with Gasteiger partial charge in [-0.15, -0.1) is 0 Å². The summed E-state index contributed by atoms with van der Waals surface area (Å²) in [6, 6.07) is 11.3. The van der Waals surface area contributed by atoms with Gasteiger partial charge in [-0.3, -0.25) is 4.79 Å². The van der Waals surface area contributed by atoms with Gasteiger partial charge in [-0.2, -0.15) is 5.26 Å². The standard InChI is InChI=1S/C19H20N2O2/c1-13-11-15(12-20)7-8-16(13)19(22)21-10-4-3-5-17(21)18-9-6-14(2)23-18/h6-9,11,17H,3-5,10H2,1-2H3. The molecule has 4 nitrogen and oxygen atoms in total. The van der Waals surface area contributed by atoms with Gasteiger partial charge in [0.05, 0.1) is 17.7 Å². The molecule has 4 heteroatoms. The molecule has 23 heavy (non-hydrogen) atoms. The van der Waals surface area contributed by atoms with E-state index in [0.717, 1.165) is 42.9 Å². The molecule has 1 unspecified atom stereocenters. The van der Waals surface area contributed by atoms with Gasteiger partial charge in [0.1, 0.15) is 11.5 Å². The first-order valence-corrected chi connectivity index (χ1v) is 7.98. The van der Waals surface area contributed by atoms with Crippen LogP contribution in [0.4, 0.5) is 0 Å². The highest BCUT2D eigenvalue weighted by Gasteiger charge is 2.31.